The number of halogens is 1. The summed E-state index contributed by atoms with van der Waals surface area (Å²) < 4.78 is 33.8. The van der Waals surface area contributed by atoms with E-state index in [9.17, 15) is 13.2 Å². The lowest BCUT2D eigenvalue weighted by Gasteiger charge is -2.35. The van der Waals surface area contributed by atoms with Crippen molar-refractivity contribution >= 4 is 33.2 Å². The molecule has 1 heterocycles. The molecule has 0 spiro atoms. The van der Waals surface area contributed by atoms with Crippen LogP contribution in [0.4, 0.5) is 5.69 Å². The van der Waals surface area contributed by atoms with Crippen LogP contribution in [0.1, 0.15) is 32.3 Å². The number of fused-ring (bicyclic) bond motifs is 1. The van der Waals surface area contributed by atoms with Crippen molar-refractivity contribution in [3.8, 4) is 5.75 Å². The zero-order chi connectivity index (χ0) is 21.2. The van der Waals surface area contributed by atoms with Crippen LogP contribution in [-0.2, 0) is 14.8 Å². The zero-order valence-corrected chi connectivity index (χ0v) is 18.3. The lowest BCUT2D eigenvalue weighted by molar-refractivity contribution is -0.128. The maximum absolute atomic E-state index is 13.4. The molecule has 29 heavy (non-hydrogen) atoms. The summed E-state index contributed by atoms with van der Waals surface area (Å²) in [6.45, 7) is 5.71. The Labute approximate surface area is 176 Å². The molecule has 0 aliphatic carbocycles. The Hall–Kier alpha value is -2.25. The third kappa shape index (κ3) is 4.67. The number of carbonyl (C=O) groups is 1. The Morgan fingerprint density at radius 2 is 1.97 bits per heavy atom. The average molecular weight is 437 g/mol. The number of benzene rings is 2. The summed E-state index contributed by atoms with van der Waals surface area (Å²) in [5.74, 6) is -0.0321. The predicted molar refractivity (Wildman–Crippen MR) is 114 cm³/mol. The third-order valence-electron chi connectivity index (χ3n) is 4.80. The highest BCUT2D eigenvalue weighted by Gasteiger charge is 2.38. The van der Waals surface area contributed by atoms with Gasteiger partial charge >= 0.3 is 0 Å². The number of carbonyl (C=O) groups excluding carboxylic acids is 1. The molecule has 156 valence electrons. The van der Waals surface area contributed by atoms with Crippen molar-refractivity contribution in [2.75, 3.05) is 10.8 Å². The Balaban J connectivity index is 1.97. The van der Waals surface area contributed by atoms with Gasteiger partial charge in [-0.1, -0.05) is 42.6 Å². The van der Waals surface area contributed by atoms with Gasteiger partial charge in [0.05, 0.1) is 17.1 Å². The number of hydrogen-bond donors (Lipinski definition) is 1. The van der Waals surface area contributed by atoms with Gasteiger partial charge in [-0.2, -0.15) is 0 Å². The number of ether oxygens (including phenoxy) is 1. The average Bonchev–Trinajstić information content (AvgIpc) is 2.67. The molecule has 0 bridgehead atoms. The quantitative estimate of drug-likeness (QED) is 0.744. The molecule has 1 aliphatic rings. The summed E-state index contributed by atoms with van der Waals surface area (Å²) in [6, 6.07) is 11.3. The highest BCUT2D eigenvalue weighted by molar-refractivity contribution is 7.92. The van der Waals surface area contributed by atoms with Crippen molar-refractivity contribution in [3.63, 3.8) is 0 Å². The van der Waals surface area contributed by atoms with E-state index in [1.807, 2.05) is 20.8 Å². The van der Waals surface area contributed by atoms with E-state index in [1.54, 1.807) is 36.4 Å². The minimum Gasteiger partial charge on any atom is -0.476 e. The van der Waals surface area contributed by atoms with E-state index in [-0.39, 0.29) is 23.4 Å². The van der Waals surface area contributed by atoms with Gasteiger partial charge in [0.1, 0.15) is 5.75 Å². The summed E-state index contributed by atoms with van der Waals surface area (Å²) in [5, 5.41) is 3.29. The normalized spacial score (nSPS) is 17.2. The molecule has 0 saturated heterocycles. The Bertz CT molecular complexity index is 992. The fraction of sp³-hybridized carbons (Fsp3) is 0.381. The lowest BCUT2D eigenvalue weighted by atomic mass is 10.1. The monoisotopic (exact) mass is 436 g/mol. The topological polar surface area (TPSA) is 75.7 Å². The van der Waals surface area contributed by atoms with Crippen LogP contribution in [0, 0.1) is 6.92 Å². The zero-order valence-electron chi connectivity index (χ0n) is 16.7. The molecule has 1 aliphatic heterocycles. The summed E-state index contributed by atoms with van der Waals surface area (Å²) in [6.07, 6.45) is 0.807. The van der Waals surface area contributed by atoms with Crippen molar-refractivity contribution in [1.29, 1.82) is 0 Å². The maximum atomic E-state index is 13.4. The van der Waals surface area contributed by atoms with Crippen LogP contribution >= 0.6 is 11.6 Å². The molecule has 0 unspecified atom stereocenters. The first-order valence-electron chi connectivity index (χ1n) is 9.58. The number of hydrogen-bond acceptors (Lipinski definition) is 4. The summed E-state index contributed by atoms with van der Waals surface area (Å²) in [5.41, 5.74) is 1.28. The number of nitrogens with one attached hydrogen (secondary N) is 1. The second-order valence-electron chi connectivity index (χ2n) is 7.27. The van der Waals surface area contributed by atoms with Gasteiger partial charge in [-0.05, 0) is 50.6 Å². The molecule has 2 atom stereocenters. The van der Waals surface area contributed by atoms with Crippen LogP contribution in [0.15, 0.2) is 47.4 Å². The third-order valence-corrected chi connectivity index (χ3v) is 6.83. The highest BCUT2D eigenvalue weighted by atomic mass is 35.5. The van der Waals surface area contributed by atoms with E-state index in [1.165, 1.54) is 10.4 Å². The van der Waals surface area contributed by atoms with Crippen LogP contribution in [-0.4, -0.2) is 33.0 Å². The molecular formula is C21H25ClN2O4S. The fourth-order valence-electron chi connectivity index (χ4n) is 3.27. The molecule has 0 saturated carbocycles. The largest absolute Gasteiger partial charge is 0.476 e. The Kier molecular flexibility index (Phi) is 6.39. The first-order valence-corrected chi connectivity index (χ1v) is 11.4. The number of amides is 1. The summed E-state index contributed by atoms with van der Waals surface area (Å²) in [7, 11) is -3.90. The van der Waals surface area contributed by atoms with Crippen molar-refractivity contribution in [2.45, 2.75) is 50.7 Å². The number of aryl methyl sites for hydroxylation is 1. The first-order chi connectivity index (χ1) is 13.7. The number of anilines is 1. The minimum absolute atomic E-state index is 0.0233. The van der Waals surface area contributed by atoms with E-state index in [0.717, 1.165) is 18.4 Å². The van der Waals surface area contributed by atoms with Crippen LogP contribution in [0.5, 0.6) is 5.75 Å². The molecule has 2 aromatic rings. The van der Waals surface area contributed by atoms with Crippen LogP contribution in [0.3, 0.4) is 0 Å². The van der Waals surface area contributed by atoms with E-state index in [2.05, 4.69) is 5.32 Å². The standard InChI is InChI=1S/C21H25ClN2O4S/c1-4-5-15(3)23-21(25)20-13-24(18-12-16(22)8-11-19(18)28-20)29(26,27)17-9-6-14(2)7-10-17/h6-12,15,20H,4-5,13H2,1-3H3,(H,23,25)/t15-,20+/m1/s1. The van der Waals surface area contributed by atoms with Gasteiger partial charge in [0.15, 0.2) is 6.10 Å². The molecule has 1 amide bonds. The Morgan fingerprint density at radius 3 is 2.62 bits per heavy atom. The molecule has 0 fully saturated rings. The van der Waals surface area contributed by atoms with Gasteiger partial charge in [-0.25, -0.2) is 8.42 Å². The van der Waals surface area contributed by atoms with Crippen molar-refractivity contribution < 1.29 is 17.9 Å². The van der Waals surface area contributed by atoms with E-state index in [4.69, 9.17) is 16.3 Å². The number of rotatable bonds is 6. The first kappa shape index (κ1) is 21.5. The smallest absolute Gasteiger partial charge is 0.264 e. The summed E-state index contributed by atoms with van der Waals surface area (Å²) in [4.78, 5) is 12.9. The molecule has 3 rings (SSSR count). The van der Waals surface area contributed by atoms with Gasteiger partial charge in [0.2, 0.25) is 0 Å². The lowest BCUT2D eigenvalue weighted by Crippen LogP contribution is -2.52. The van der Waals surface area contributed by atoms with Crippen molar-refractivity contribution in [2.24, 2.45) is 0 Å². The SMILES string of the molecule is CCC[C@@H](C)NC(=O)[C@@H]1CN(S(=O)(=O)c2ccc(C)cc2)c2cc(Cl)ccc2O1. The van der Waals surface area contributed by atoms with Gasteiger partial charge in [-0.3, -0.25) is 9.10 Å². The van der Waals surface area contributed by atoms with Gasteiger partial charge in [0, 0.05) is 11.1 Å². The van der Waals surface area contributed by atoms with E-state index in [0.29, 0.717) is 16.5 Å². The number of sulfonamides is 1. The van der Waals surface area contributed by atoms with E-state index >= 15 is 0 Å². The molecule has 8 heteroatoms. The van der Waals surface area contributed by atoms with Crippen molar-refractivity contribution in [3.05, 3.63) is 53.1 Å². The molecule has 1 N–H and O–H groups in total. The second kappa shape index (κ2) is 8.63. The fourth-order valence-corrected chi connectivity index (χ4v) is 4.90. The van der Waals surface area contributed by atoms with Crippen LogP contribution in [0.2, 0.25) is 5.02 Å². The molecular weight excluding hydrogens is 412 g/mol. The molecule has 0 aromatic heterocycles. The van der Waals surface area contributed by atoms with Gasteiger partial charge in [-0.15, -0.1) is 0 Å². The molecule has 2 aromatic carbocycles. The van der Waals surface area contributed by atoms with Gasteiger partial charge in [0.25, 0.3) is 15.9 Å². The maximum Gasteiger partial charge on any atom is 0.264 e. The Morgan fingerprint density at radius 1 is 1.28 bits per heavy atom. The molecule has 0 radical (unpaired) electrons. The minimum atomic E-state index is -3.90. The van der Waals surface area contributed by atoms with Gasteiger partial charge < -0.3 is 10.1 Å². The molecule has 6 nitrogen and oxygen atoms in total. The van der Waals surface area contributed by atoms with Crippen LogP contribution < -0.4 is 14.4 Å². The van der Waals surface area contributed by atoms with Crippen LogP contribution in [0.25, 0.3) is 0 Å². The summed E-state index contributed by atoms with van der Waals surface area (Å²) >= 11 is 6.11. The number of nitrogens with zero attached hydrogens (tertiary/aromatic N) is 1. The van der Waals surface area contributed by atoms with Crippen molar-refractivity contribution in [1.82, 2.24) is 5.32 Å². The van der Waals surface area contributed by atoms with E-state index < -0.39 is 16.1 Å². The second-order valence-corrected chi connectivity index (χ2v) is 9.56. The highest BCUT2D eigenvalue weighted by Crippen LogP contribution is 2.38. The predicted octanol–water partition coefficient (Wildman–Crippen LogP) is 3.91.